The molecule has 0 aliphatic carbocycles. The third kappa shape index (κ3) is 8.16. The number of benzene rings is 4. The second-order valence-corrected chi connectivity index (χ2v) is 12.9. The molecule has 43 heavy (non-hydrogen) atoms. The van der Waals surface area contributed by atoms with E-state index in [0.29, 0.717) is 32.2 Å². The fourth-order valence-electron chi connectivity index (χ4n) is 4.12. The second kappa shape index (κ2) is 14.5. The maximum Gasteiger partial charge on any atom is 0.264 e. The van der Waals surface area contributed by atoms with Gasteiger partial charge in [-0.05, 0) is 75.4 Å². The average molecular weight is 685 g/mol. The van der Waals surface area contributed by atoms with Gasteiger partial charge >= 0.3 is 0 Å². The number of carbonyl (C=O) groups excluding carboxylic acids is 1. The molecule has 0 atom stereocenters. The Bertz CT molecular complexity index is 1700. The molecule has 0 spiro atoms. The van der Waals surface area contributed by atoms with Crippen LogP contribution in [0.1, 0.15) is 36.5 Å². The summed E-state index contributed by atoms with van der Waals surface area (Å²) in [5.41, 5.74) is 5.28. The summed E-state index contributed by atoms with van der Waals surface area (Å²) in [5, 5.41) is 4.65. The summed E-state index contributed by atoms with van der Waals surface area (Å²) in [4.78, 5) is 13.0. The first-order valence-corrected chi connectivity index (χ1v) is 15.9. The minimum atomic E-state index is -4.03. The van der Waals surface area contributed by atoms with Crippen molar-refractivity contribution < 1.29 is 22.7 Å². The van der Waals surface area contributed by atoms with Crippen molar-refractivity contribution in [3.63, 3.8) is 0 Å². The standard InChI is InChI=1S/C32H31BrClN3O5S/c1-22(2)24-13-15-26(16-14-24)37(43(39,40)27-10-5-4-6-11-27)20-31(38)36-35-19-23-17-28(33)32(30(18-23)41-3)42-21-25-9-7-8-12-29(25)34/h4-19,22H,20-21H2,1-3H3,(H,36,38)/b35-19-. The molecule has 0 fully saturated rings. The van der Waals surface area contributed by atoms with Crippen molar-refractivity contribution in [1.82, 2.24) is 5.43 Å². The summed E-state index contributed by atoms with van der Waals surface area (Å²) in [6.07, 6.45) is 1.43. The predicted molar refractivity (Wildman–Crippen MR) is 174 cm³/mol. The first kappa shape index (κ1) is 32.1. The number of sulfonamides is 1. The highest BCUT2D eigenvalue weighted by atomic mass is 79.9. The molecule has 0 aliphatic heterocycles. The molecule has 0 heterocycles. The molecular weight excluding hydrogens is 654 g/mol. The molecule has 4 aromatic carbocycles. The van der Waals surface area contributed by atoms with Gasteiger partial charge in [0.25, 0.3) is 15.9 Å². The van der Waals surface area contributed by atoms with Gasteiger partial charge in [-0.1, -0.05) is 74.0 Å². The van der Waals surface area contributed by atoms with Crippen molar-refractivity contribution in [3.8, 4) is 11.5 Å². The Morgan fingerprint density at radius 2 is 1.70 bits per heavy atom. The normalized spacial score (nSPS) is 11.5. The Morgan fingerprint density at radius 3 is 2.35 bits per heavy atom. The number of hydrogen-bond acceptors (Lipinski definition) is 6. The molecule has 1 amide bonds. The topological polar surface area (TPSA) is 97.3 Å². The van der Waals surface area contributed by atoms with E-state index in [2.05, 4.69) is 26.5 Å². The van der Waals surface area contributed by atoms with E-state index in [0.717, 1.165) is 15.4 Å². The lowest BCUT2D eigenvalue weighted by molar-refractivity contribution is -0.119. The van der Waals surface area contributed by atoms with Crippen LogP contribution < -0.4 is 19.2 Å². The Balaban J connectivity index is 1.49. The molecule has 4 aromatic rings. The lowest BCUT2D eigenvalue weighted by Gasteiger charge is -2.24. The molecule has 0 saturated carbocycles. The number of anilines is 1. The quantitative estimate of drug-likeness (QED) is 0.126. The van der Waals surface area contributed by atoms with Crippen LogP contribution in [0.5, 0.6) is 11.5 Å². The van der Waals surface area contributed by atoms with Crippen LogP contribution in [0.3, 0.4) is 0 Å². The van der Waals surface area contributed by atoms with Gasteiger partial charge in [0.2, 0.25) is 0 Å². The SMILES string of the molecule is COc1cc(/C=N\NC(=O)CN(c2ccc(C(C)C)cc2)S(=O)(=O)c2ccccc2)cc(Br)c1OCc1ccccc1Cl. The Kier molecular flexibility index (Phi) is 10.8. The number of halogens is 2. The van der Waals surface area contributed by atoms with Crippen LogP contribution in [0.4, 0.5) is 5.69 Å². The van der Waals surface area contributed by atoms with Crippen LogP contribution in [-0.4, -0.2) is 34.2 Å². The van der Waals surface area contributed by atoms with Gasteiger partial charge in [-0.15, -0.1) is 0 Å². The van der Waals surface area contributed by atoms with Crippen LogP contribution in [0.25, 0.3) is 0 Å². The number of nitrogens with one attached hydrogen (secondary N) is 1. The van der Waals surface area contributed by atoms with E-state index in [9.17, 15) is 13.2 Å². The zero-order chi connectivity index (χ0) is 31.0. The Hall–Kier alpha value is -3.86. The van der Waals surface area contributed by atoms with Gasteiger partial charge in [0.05, 0.1) is 28.4 Å². The minimum absolute atomic E-state index is 0.0769. The van der Waals surface area contributed by atoms with Gasteiger partial charge in [-0.3, -0.25) is 9.10 Å². The molecular formula is C32H31BrClN3O5S. The average Bonchev–Trinajstić information content (AvgIpc) is 3.00. The number of ether oxygens (including phenoxy) is 2. The van der Waals surface area contributed by atoms with E-state index in [1.54, 1.807) is 48.5 Å². The van der Waals surface area contributed by atoms with Crippen LogP contribution in [0.15, 0.2) is 105 Å². The monoisotopic (exact) mass is 683 g/mol. The molecule has 0 bridgehead atoms. The highest BCUT2D eigenvalue weighted by Crippen LogP contribution is 2.37. The number of nitrogens with zero attached hydrogens (tertiary/aromatic N) is 2. The second-order valence-electron chi connectivity index (χ2n) is 9.78. The number of rotatable bonds is 12. The first-order chi connectivity index (χ1) is 20.6. The lowest BCUT2D eigenvalue weighted by atomic mass is 10.0. The van der Waals surface area contributed by atoms with Gasteiger partial charge in [0.1, 0.15) is 13.2 Å². The van der Waals surface area contributed by atoms with Crippen LogP contribution in [-0.2, 0) is 21.4 Å². The minimum Gasteiger partial charge on any atom is -0.493 e. The summed E-state index contributed by atoms with van der Waals surface area (Å²) in [7, 11) is -2.52. The molecule has 0 aromatic heterocycles. The van der Waals surface area contributed by atoms with Crippen molar-refractivity contribution >= 4 is 55.4 Å². The van der Waals surface area contributed by atoms with Crippen LogP contribution >= 0.6 is 27.5 Å². The molecule has 8 nitrogen and oxygen atoms in total. The van der Waals surface area contributed by atoms with E-state index in [4.69, 9.17) is 21.1 Å². The lowest BCUT2D eigenvalue weighted by Crippen LogP contribution is -2.39. The van der Waals surface area contributed by atoms with Crippen molar-refractivity contribution in [3.05, 3.63) is 117 Å². The number of carbonyl (C=O) groups is 1. The van der Waals surface area contributed by atoms with Crippen molar-refractivity contribution in [1.29, 1.82) is 0 Å². The summed E-state index contributed by atoms with van der Waals surface area (Å²) in [6, 6.07) is 25.9. The molecule has 0 unspecified atom stereocenters. The Morgan fingerprint density at radius 1 is 1.02 bits per heavy atom. The Labute approximate surface area is 265 Å². The summed E-state index contributed by atoms with van der Waals surface area (Å²) in [5.74, 6) is 0.579. The van der Waals surface area contributed by atoms with Gasteiger partial charge in [0, 0.05) is 10.6 Å². The van der Waals surface area contributed by atoms with E-state index in [1.807, 2.05) is 44.2 Å². The van der Waals surface area contributed by atoms with Gasteiger partial charge in [-0.25, -0.2) is 13.8 Å². The van der Waals surface area contributed by atoms with Gasteiger partial charge in [-0.2, -0.15) is 5.10 Å². The number of hydrogen-bond donors (Lipinski definition) is 1. The third-order valence-corrected chi connectivity index (χ3v) is 9.20. The fourth-order valence-corrected chi connectivity index (χ4v) is 6.33. The molecule has 0 saturated heterocycles. The molecule has 0 radical (unpaired) electrons. The maximum atomic E-state index is 13.6. The zero-order valence-corrected chi connectivity index (χ0v) is 27.0. The summed E-state index contributed by atoms with van der Waals surface area (Å²) < 4.78 is 40.3. The number of amides is 1. The van der Waals surface area contributed by atoms with E-state index in [1.165, 1.54) is 25.5 Å². The highest BCUT2D eigenvalue weighted by Gasteiger charge is 2.27. The first-order valence-electron chi connectivity index (χ1n) is 13.3. The van der Waals surface area contributed by atoms with Crippen molar-refractivity contribution in [2.24, 2.45) is 5.10 Å². The predicted octanol–water partition coefficient (Wildman–Crippen LogP) is 7.16. The van der Waals surface area contributed by atoms with E-state index in [-0.39, 0.29) is 17.4 Å². The molecule has 224 valence electrons. The summed E-state index contributed by atoms with van der Waals surface area (Å²) >= 11 is 9.75. The third-order valence-electron chi connectivity index (χ3n) is 6.45. The molecule has 11 heteroatoms. The molecule has 0 aliphatic rings. The van der Waals surface area contributed by atoms with Gasteiger partial charge in [0.15, 0.2) is 11.5 Å². The van der Waals surface area contributed by atoms with Crippen LogP contribution in [0, 0.1) is 0 Å². The zero-order valence-electron chi connectivity index (χ0n) is 23.8. The van der Waals surface area contributed by atoms with Gasteiger partial charge < -0.3 is 9.47 Å². The molecule has 4 rings (SSSR count). The number of hydrazone groups is 1. The molecule has 1 N–H and O–H groups in total. The van der Waals surface area contributed by atoms with Crippen LogP contribution in [0.2, 0.25) is 5.02 Å². The summed E-state index contributed by atoms with van der Waals surface area (Å²) in [6.45, 7) is 3.86. The van der Waals surface area contributed by atoms with E-state index >= 15 is 0 Å². The van der Waals surface area contributed by atoms with Crippen molar-refractivity contribution in [2.45, 2.75) is 31.3 Å². The van der Waals surface area contributed by atoms with Crippen molar-refractivity contribution in [2.75, 3.05) is 18.0 Å². The smallest absolute Gasteiger partial charge is 0.264 e. The maximum absolute atomic E-state index is 13.6. The number of methoxy groups -OCH3 is 1. The van der Waals surface area contributed by atoms with E-state index < -0.39 is 22.5 Å². The fraction of sp³-hybridized carbons (Fsp3) is 0.188. The largest absolute Gasteiger partial charge is 0.493 e. The highest BCUT2D eigenvalue weighted by molar-refractivity contribution is 9.10.